The molecule has 1 aliphatic heterocycles. The fourth-order valence-corrected chi connectivity index (χ4v) is 2.02. The number of aliphatic hydroxyl groups is 1. The van der Waals surface area contributed by atoms with Crippen LogP contribution in [0.3, 0.4) is 0 Å². The van der Waals surface area contributed by atoms with E-state index in [4.69, 9.17) is 18.9 Å². The zero-order chi connectivity index (χ0) is 12.8. The van der Waals surface area contributed by atoms with Gasteiger partial charge in [0.25, 0.3) is 0 Å². The molecule has 0 spiro atoms. The second-order valence-electron chi connectivity index (χ2n) is 4.15. The van der Waals surface area contributed by atoms with E-state index >= 15 is 0 Å². The van der Waals surface area contributed by atoms with Crippen LogP contribution in [0.2, 0.25) is 0 Å². The number of hydrogen-bond acceptors (Lipinski definition) is 5. The molecular weight excluding hydrogens is 224 g/mol. The molecule has 1 rings (SSSR count). The summed E-state index contributed by atoms with van der Waals surface area (Å²) in [4.78, 5) is 0. The Kier molecular flexibility index (Phi) is 5.91. The number of allylic oxidation sites excluding steroid dienone is 1. The van der Waals surface area contributed by atoms with Crippen molar-refractivity contribution in [3.8, 4) is 0 Å². The van der Waals surface area contributed by atoms with Crippen LogP contribution in [0.1, 0.15) is 13.8 Å². The highest BCUT2D eigenvalue weighted by atomic mass is 16.7. The molecule has 1 fully saturated rings. The molecule has 1 heterocycles. The minimum Gasteiger partial charge on any atom is -0.472 e. The van der Waals surface area contributed by atoms with E-state index in [-0.39, 0.29) is 12.0 Å². The molecule has 5 atom stereocenters. The molecule has 1 N–H and O–H groups in total. The van der Waals surface area contributed by atoms with E-state index in [1.807, 2.05) is 13.8 Å². The molecule has 17 heavy (non-hydrogen) atoms. The molecule has 0 saturated carbocycles. The van der Waals surface area contributed by atoms with E-state index < -0.39 is 18.5 Å². The van der Waals surface area contributed by atoms with Crippen LogP contribution in [0.25, 0.3) is 0 Å². The first-order valence-electron chi connectivity index (χ1n) is 5.77. The minimum atomic E-state index is -0.708. The van der Waals surface area contributed by atoms with Gasteiger partial charge in [0.1, 0.15) is 12.2 Å². The van der Waals surface area contributed by atoms with Crippen molar-refractivity contribution < 1.29 is 24.1 Å². The lowest BCUT2D eigenvalue weighted by Gasteiger charge is -2.42. The number of rotatable bonds is 5. The van der Waals surface area contributed by atoms with Crippen LogP contribution in [0.4, 0.5) is 0 Å². The number of aliphatic hydroxyl groups excluding tert-OH is 1. The molecule has 3 unspecified atom stereocenters. The molecule has 0 bridgehead atoms. The first-order chi connectivity index (χ1) is 8.15. The molecule has 0 aromatic rings. The van der Waals surface area contributed by atoms with Crippen molar-refractivity contribution in [1.82, 2.24) is 0 Å². The standard InChI is InChI=1S/C12H22O5/c1-5-6-16-12-8(2)11(15-4)10(13)9(17-12)7-14-3/h5-6,8-13H,7H2,1-4H3/b6-5-/t8-,9-,10?,11?,12?/m1/s1. The van der Waals surface area contributed by atoms with Gasteiger partial charge in [0.05, 0.1) is 19.0 Å². The van der Waals surface area contributed by atoms with Crippen molar-refractivity contribution in [3.05, 3.63) is 12.3 Å². The molecular formula is C12H22O5. The maximum absolute atomic E-state index is 10.1. The normalized spacial score (nSPS) is 38.5. The van der Waals surface area contributed by atoms with Crippen LogP contribution in [-0.2, 0) is 18.9 Å². The molecule has 0 aromatic carbocycles. The second-order valence-corrected chi connectivity index (χ2v) is 4.15. The van der Waals surface area contributed by atoms with Gasteiger partial charge in [-0.25, -0.2) is 0 Å². The summed E-state index contributed by atoms with van der Waals surface area (Å²) in [6.07, 6.45) is 1.47. The fraction of sp³-hybridized carbons (Fsp3) is 0.833. The molecule has 1 saturated heterocycles. The van der Waals surface area contributed by atoms with E-state index in [0.29, 0.717) is 6.61 Å². The maximum atomic E-state index is 10.1. The topological polar surface area (TPSA) is 57.2 Å². The third-order valence-electron chi connectivity index (χ3n) is 2.93. The van der Waals surface area contributed by atoms with Crippen LogP contribution in [0.5, 0.6) is 0 Å². The van der Waals surface area contributed by atoms with Crippen LogP contribution in [-0.4, -0.2) is 50.5 Å². The largest absolute Gasteiger partial charge is 0.472 e. The van der Waals surface area contributed by atoms with E-state index in [2.05, 4.69) is 0 Å². The van der Waals surface area contributed by atoms with Crippen LogP contribution in [0.15, 0.2) is 12.3 Å². The first kappa shape index (κ1) is 14.4. The van der Waals surface area contributed by atoms with Gasteiger partial charge in [-0.15, -0.1) is 0 Å². The molecule has 100 valence electrons. The zero-order valence-corrected chi connectivity index (χ0v) is 10.8. The average molecular weight is 246 g/mol. The Morgan fingerprint density at radius 3 is 2.59 bits per heavy atom. The highest BCUT2D eigenvalue weighted by Gasteiger charge is 2.44. The van der Waals surface area contributed by atoms with Crippen molar-refractivity contribution in [2.45, 2.75) is 38.4 Å². The monoisotopic (exact) mass is 246 g/mol. The van der Waals surface area contributed by atoms with Crippen LogP contribution < -0.4 is 0 Å². The van der Waals surface area contributed by atoms with E-state index in [1.54, 1.807) is 26.6 Å². The Labute approximate surface area is 102 Å². The van der Waals surface area contributed by atoms with Gasteiger partial charge in [-0.2, -0.15) is 0 Å². The number of methoxy groups -OCH3 is 2. The lowest BCUT2D eigenvalue weighted by Crippen LogP contribution is -2.56. The summed E-state index contributed by atoms with van der Waals surface area (Å²) in [5.41, 5.74) is 0. The summed E-state index contributed by atoms with van der Waals surface area (Å²) in [7, 11) is 3.14. The lowest BCUT2D eigenvalue weighted by atomic mass is 9.92. The van der Waals surface area contributed by atoms with Crippen molar-refractivity contribution >= 4 is 0 Å². The Morgan fingerprint density at radius 2 is 2.06 bits per heavy atom. The summed E-state index contributed by atoms with van der Waals surface area (Å²) in [6, 6.07) is 0. The Balaban J connectivity index is 2.72. The van der Waals surface area contributed by atoms with Gasteiger partial charge in [-0.1, -0.05) is 13.0 Å². The Hall–Kier alpha value is -0.620. The minimum absolute atomic E-state index is 0.0562. The molecule has 0 aliphatic carbocycles. The second kappa shape index (κ2) is 6.96. The van der Waals surface area contributed by atoms with Crippen molar-refractivity contribution in [2.75, 3.05) is 20.8 Å². The number of hydrogen-bond donors (Lipinski definition) is 1. The van der Waals surface area contributed by atoms with Gasteiger partial charge in [0.2, 0.25) is 6.29 Å². The third kappa shape index (κ3) is 3.42. The predicted octanol–water partition coefficient (Wildman–Crippen LogP) is 0.920. The van der Waals surface area contributed by atoms with Gasteiger partial charge in [0, 0.05) is 20.1 Å². The molecule has 0 aromatic heterocycles. The summed E-state index contributed by atoms with van der Waals surface area (Å²) in [6.45, 7) is 4.10. The van der Waals surface area contributed by atoms with Gasteiger partial charge in [-0.05, 0) is 6.92 Å². The molecule has 5 nitrogen and oxygen atoms in total. The van der Waals surface area contributed by atoms with E-state index in [9.17, 15) is 5.11 Å². The van der Waals surface area contributed by atoms with Crippen LogP contribution in [0, 0.1) is 5.92 Å². The van der Waals surface area contributed by atoms with Crippen molar-refractivity contribution in [1.29, 1.82) is 0 Å². The quantitative estimate of drug-likeness (QED) is 0.731. The lowest BCUT2D eigenvalue weighted by molar-refractivity contribution is -0.273. The van der Waals surface area contributed by atoms with Gasteiger partial charge in [0.15, 0.2) is 0 Å². The van der Waals surface area contributed by atoms with E-state index in [0.717, 1.165) is 0 Å². The Bertz CT molecular complexity index is 243. The molecule has 5 heteroatoms. The predicted molar refractivity (Wildman–Crippen MR) is 62.4 cm³/mol. The average Bonchev–Trinajstić information content (AvgIpc) is 2.32. The fourth-order valence-electron chi connectivity index (χ4n) is 2.02. The summed E-state index contributed by atoms with van der Waals surface area (Å²) in [5.74, 6) is -0.0562. The first-order valence-corrected chi connectivity index (χ1v) is 5.77. The Morgan fingerprint density at radius 1 is 1.35 bits per heavy atom. The molecule has 0 amide bonds. The molecule has 1 aliphatic rings. The third-order valence-corrected chi connectivity index (χ3v) is 2.93. The van der Waals surface area contributed by atoms with Crippen LogP contribution >= 0.6 is 0 Å². The smallest absolute Gasteiger partial charge is 0.204 e. The summed E-state index contributed by atoms with van der Waals surface area (Å²) >= 11 is 0. The molecule has 0 radical (unpaired) electrons. The van der Waals surface area contributed by atoms with Gasteiger partial charge >= 0.3 is 0 Å². The zero-order valence-electron chi connectivity index (χ0n) is 10.8. The summed E-state index contributed by atoms with van der Waals surface area (Å²) in [5, 5.41) is 10.1. The van der Waals surface area contributed by atoms with Crippen molar-refractivity contribution in [3.63, 3.8) is 0 Å². The SMILES string of the molecule is C/C=C\OC1O[C@H](COC)C(O)C(OC)[C@H]1C. The van der Waals surface area contributed by atoms with Gasteiger partial charge in [-0.3, -0.25) is 0 Å². The van der Waals surface area contributed by atoms with E-state index in [1.165, 1.54) is 0 Å². The summed E-state index contributed by atoms with van der Waals surface area (Å²) < 4.78 is 21.4. The van der Waals surface area contributed by atoms with Crippen molar-refractivity contribution in [2.24, 2.45) is 5.92 Å². The number of ether oxygens (including phenoxy) is 4. The highest BCUT2D eigenvalue weighted by molar-refractivity contribution is 4.89. The van der Waals surface area contributed by atoms with Gasteiger partial charge < -0.3 is 24.1 Å². The highest BCUT2D eigenvalue weighted by Crippen LogP contribution is 2.28. The maximum Gasteiger partial charge on any atom is 0.204 e.